The lowest BCUT2D eigenvalue weighted by Gasteiger charge is -2.17. The smallest absolute Gasteiger partial charge is 0.133 e. The molecule has 1 aromatic heterocycles. The average Bonchev–Trinajstić information content (AvgIpc) is 2.82. The van der Waals surface area contributed by atoms with Crippen LogP contribution in [0, 0.1) is 0 Å². The Morgan fingerprint density at radius 3 is 2.74 bits per heavy atom. The topological polar surface area (TPSA) is 39.1 Å². The molecule has 4 nitrogen and oxygen atoms in total. The SMILES string of the molecule is CCNC(c1ccc(OC)c(Br)c1)c1ccn(C)n1. The third-order valence-electron chi connectivity index (χ3n) is 2.95. The van der Waals surface area contributed by atoms with Crippen molar-refractivity contribution in [3.8, 4) is 5.75 Å². The van der Waals surface area contributed by atoms with E-state index in [1.54, 1.807) is 7.11 Å². The Balaban J connectivity index is 2.36. The number of hydrogen-bond acceptors (Lipinski definition) is 3. The molecule has 1 atom stereocenters. The fourth-order valence-electron chi connectivity index (χ4n) is 2.05. The first-order valence-corrected chi connectivity index (χ1v) is 7.01. The molecule has 5 heteroatoms. The minimum absolute atomic E-state index is 0.0911. The maximum atomic E-state index is 5.26. The standard InChI is InChI=1S/C14H18BrN3O/c1-4-16-14(12-7-8-18(2)17-12)10-5-6-13(19-3)11(15)9-10/h5-9,14,16H,4H2,1-3H3. The molecule has 0 aliphatic carbocycles. The zero-order valence-electron chi connectivity index (χ0n) is 11.4. The van der Waals surface area contributed by atoms with Gasteiger partial charge in [0.15, 0.2) is 0 Å². The number of rotatable bonds is 5. The van der Waals surface area contributed by atoms with Gasteiger partial charge in [0.1, 0.15) is 5.75 Å². The average molecular weight is 324 g/mol. The summed E-state index contributed by atoms with van der Waals surface area (Å²) >= 11 is 3.53. The van der Waals surface area contributed by atoms with Crippen LogP contribution in [0.25, 0.3) is 0 Å². The van der Waals surface area contributed by atoms with E-state index in [9.17, 15) is 0 Å². The summed E-state index contributed by atoms with van der Waals surface area (Å²) in [6.07, 6.45) is 1.96. The lowest BCUT2D eigenvalue weighted by Crippen LogP contribution is -2.22. The van der Waals surface area contributed by atoms with Crippen LogP contribution in [0.1, 0.15) is 24.2 Å². The Morgan fingerprint density at radius 1 is 1.42 bits per heavy atom. The van der Waals surface area contributed by atoms with Crippen molar-refractivity contribution in [1.82, 2.24) is 15.1 Å². The Bertz CT molecular complexity index is 553. The Kier molecular flexibility index (Phi) is 4.61. The predicted octanol–water partition coefficient (Wildman–Crippen LogP) is 2.89. The van der Waals surface area contributed by atoms with Crippen LogP contribution in [0.5, 0.6) is 5.75 Å². The maximum Gasteiger partial charge on any atom is 0.133 e. The van der Waals surface area contributed by atoms with Gasteiger partial charge in [-0.25, -0.2) is 0 Å². The van der Waals surface area contributed by atoms with Crippen LogP contribution in [0.4, 0.5) is 0 Å². The number of benzene rings is 1. The zero-order valence-corrected chi connectivity index (χ0v) is 12.9. The summed E-state index contributed by atoms with van der Waals surface area (Å²) in [7, 11) is 3.59. The van der Waals surface area contributed by atoms with Crippen LogP contribution in [0.2, 0.25) is 0 Å². The number of aromatic nitrogens is 2. The van der Waals surface area contributed by atoms with Crippen molar-refractivity contribution < 1.29 is 4.74 Å². The number of halogens is 1. The van der Waals surface area contributed by atoms with Gasteiger partial charge in [-0.05, 0) is 46.2 Å². The van der Waals surface area contributed by atoms with E-state index in [1.165, 1.54) is 0 Å². The van der Waals surface area contributed by atoms with Gasteiger partial charge in [-0.15, -0.1) is 0 Å². The van der Waals surface area contributed by atoms with E-state index in [2.05, 4.69) is 45.4 Å². The highest BCUT2D eigenvalue weighted by Gasteiger charge is 2.16. The van der Waals surface area contributed by atoms with Gasteiger partial charge in [0, 0.05) is 13.2 Å². The van der Waals surface area contributed by atoms with E-state index >= 15 is 0 Å². The Morgan fingerprint density at radius 2 is 2.21 bits per heavy atom. The minimum Gasteiger partial charge on any atom is -0.496 e. The van der Waals surface area contributed by atoms with E-state index in [1.807, 2.05) is 30.1 Å². The third kappa shape index (κ3) is 3.16. The largest absolute Gasteiger partial charge is 0.496 e. The minimum atomic E-state index is 0.0911. The lowest BCUT2D eigenvalue weighted by molar-refractivity contribution is 0.411. The molecule has 0 radical (unpaired) electrons. The first-order valence-electron chi connectivity index (χ1n) is 6.22. The highest BCUT2D eigenvalue weighted by atomic mass is 79.9. The second kappa shape index (κ2) is 6.21. The predicted molar refractivity (Wildman–Crippen MR) is 79.4 cm³/mol. The summed E-state index contributed by atoms with van der Waals surface area (Å²) in [4.78, 5) is 0. The van der Waals surface area contributed by atoms with Crippen molar-refractivity contribution in [2.45, 2.75) is 13.0 Å². The quantitative estimate of drug-likeness (QED) is 0.919. The monoisotopic (exact) mass is 323 g/mol. The van der Waals surface area contributed by atoms with Gasteiger partial charge < -0.3 is 10.1 Å². The third-order valence-corrected chi connectivity index (χ3v) is 3.57. The van der Waals surface area contributed by atoms with Gasteiger partial charge in [-0.3, -0.25) is 4.68 Å². The van der Waals surface area contributed by atoms with Crippen molar-refractivity contribution >= 4 is 15.9 Å². The molecule has 1 aromatic carbocycles. The number of aryl methyl sites for hydroxylation is 1. The summed E-state index contributed by atoms with van der Waals surface area (Å²) in [5.41, 5.74) is 2.18. The maximum absolute atomic E-state index is 5.26. The van der Waals surface area contributed by atoms with Crippen LogP contribution in [0.15, 0.2) is 34.9 Å². The van der Waals surface area contributed by atoms with E-state index < -0.39 is 0 Å². The molecule has 1 heterocycles. The Labute approximate surface area is 121 Å². The molecule has 0 aliphatic rings. The second-order valence-electron chi connectivity index (χ2n) is 4.30. The fourth-order valence-corrected chi connectivity index (χ4v) is 2.60. The first kappa shape index (κ1) is 14.1. The van der Waals surface area contributed by atoms with Crippen LogP contribution in [0.3, 0.4) is 0 Å². The van der Waals surface area contributed by atoms with Gasteiger partial charge in [0.05, 0.1) is 23.3 Å². The van der Waals surface area contributed by atoms with Crippen molar-refractivity contribution in [2.24, 2.45) is 7.05 Å². The molecule has 102 valence electrons. The molecule has 1 unspecified atom stereocenters. The Hall–Kier alpha value is -1.33. The number of hydrogen-bond donors (Lipinski definition) is 1. The summed E-state index contributed by atoms with van der Waals surface area (Å²) < 4.78 is 8.03. The van der Waals surface area contributed by atoms with E-state index in [0.29, 0.717) is 0 Å². The van der Waals surface area contributed by atoms with E-state index in [4.69, 9.17) is 4.74 Å². The van der Waals surface area contributed by atoms with Gasteiger partial charge in [-0.1, -0.05) is 13.0 Å². The number of ether oxygens (including phenoxy) is 1. The molecular formula is C14H18BrN3O. The molecule has 0 amide bonds. The van der Waals surface area contributed by atoms with Gasteiger partial charge in [0.25, 0.3) is 0 Å². The molecule has 1 N–H and O–H groups in total. The van der Waals surface area contributed by atoms with Crippen molar-refractivity contribution in [1.29, 1.82) is 0 Å². The molecular weight excluding hydrogens is 306 g/mol. The van der Waals surface area contributed by atoms with Gasteiger partial charge in [-0.2, -0.15) is 5.10 Å². The lowest BCUT2D eigenvalue weighted by atomic mass is 10.0. The molecule has 0 bridgehead atoms. The molecule has 0 spiro atoms. The summed E-state index contributed by atoms with van der Waals surface area (Å²) in [5.74, 6) is 0.833. The van der Waals surface area contributed by atoms with Crippen LogP contribution < -0.4 is 10.1 Å². The number of nitrogens with zero attached hydrogens (tertiary/aromatic N) is 2. The second-order valence-corrected chi connectivity index (χ2v) is 5.15. The number of methoxy groups -OCH3 is 1. The van der Waals surface area contributed by atoms with Crippen LogP contribution in [-0.4, -0.2) is 23.4 Å². The van der Waals surface area contributed by atoms with Crippen LogP contribution >= 0.6 is 15.9 Å². The van der Waals surface area contributed by atoms with Gasteiger partial charge in [0.2, 0.25) is 0 Å². The molecule has 0 aliphatic heterocycles. The molecule has 2 aromatic rings. The normalized spacial score (nSPS) is 12.4. The van der Waals surface area contributed by atoms with E-state index in [0.717, 1.165) is 28.0 Å². The summed E-state index contributed by atoms with van der Waals surface area (Å²) in [6.45, 7) is 2.97. The van der Waals surface area contributed by atoms with Crippen LogP contribution in [-0.2, 0) is 7.05 Å². The van der Waals surface area contributed by atoms with Crippen molar-refractivity contribution in [3.05, 3.63) is 46.2 Å². The zero-order chi connectivity index (χ0) is 13.8. The molecule has 0 saturated heterocycles. The highest BCUT2D eigenvalue weighted by Crippen LogP contribution is 2.30. The fraction of sp³-hybridized carbons (Fsp3) is 0.357. The van der Waals surface area contributed by atoms with Gasteiger partial charge >= 0.3 is 0 Å². The number of nitrogens with one attached hydrogen (secondary N) is 1. The summed E-state index contributed by atoms with van der Waals surface area (Å²) in [6, 6.07) is 8.22. The molecule has 2 rings (SSSR count). The highest BCUT2D eigenvalue weighted by molar-refractivity contribution is 9.10. The molecule has 19 heavy (non-hydrogen) atoms. The first-order chi connectivity index (χ1) is 9.15. The van der Waals surface area contributed by atoms with Crippen molar-refractivity contribution in [2.75, 3.05) is 13.7 Å². The molecule has 0 fully saturated rings. The van der Waals surface area contributed by atoms with E-state index in [-0.39, 0.29) is 6.04 Å². The molecule has 0 saturated carbocycles. The van der Waals surface area contributed by atoms with Crippen molar-refractivity contribution in [3.63, 3.8) is 0 Å². The summed E-state index contributed by atoms with van der Waals surface area (Å²) in [5, 5.41) is 7.94.